The van der Waals surface area contributed by atoms with Crippen LogP contribution in [-0.2, 0) is 14.8 Å². The van der Waals surface area contributed by atoms with Crippen molar-refractivity contribution in [3.05, 3.63) is 18.2 Å². The van der Waals surface area contributed by atoms with Crippen LogP contribution in [0.2, 0.25) is 0 Å². The molecule has 0 unspecified atom stereocenters. The van der Waals surface area contributed by atoms with Crippen molar-refractivity contribution in [3.8, 4) is 11.5 Å². The molecule has 1 aliphatic rings. The summed E-state index contributed by atoms with van der Waals surface area (Å²) >= 11 is 0. The number of carbonyl (C=O) groups is 1. The standard InChI is InChI=1S/C18H28N2O5S/c1-24-15-10-11-16(17(12-15)25-2)20(26(3,22)23)13-18(21)19-14-8-6-4-5-7-9-14/h10-12,14H,4-9,13H2,1-3H3,(H,19,21). The quantitative estimate of drug-likeness (QED) is 0.729. The first kappa shape index (κ1) is 20.4. The van der Waals surface area contributed by atoms with Crippen molar-refractivity contribution in [2.75, 3.05) is 31.3 Å². The first-order valence-electron chi connectivity index (χ1n) is 8.84. The molecule has 1 fully saturated rings. The monoisotopic (exact) mass is 384 g/mol. The van der Waals surface area contributed by atoms with Crippen molar-refractivity contribution in [3.63, 3.8) is 0 Å². The van der Waals surface area contributed by atoms with Gasteiger partial charge in [0.2, 0.25) is 15.9 Å². The van der Waals surface area contributed by atoms with E-state index in [0.29, 0.717) is 17.2 Å². The normalized spacial score (nSPS) is 15.8. The molecular weight excluding hydrogens is 356 g/mol. The van der Waals surface area contributed by atoms with Crippen LogP contribution < -0.4 is 19.1 Å². The molecule has 0 saturated heterocycles. The molecule has 1 aromatic carbocycles. The lowest BCUT2D eigenvalue weighted by Crippen LogP contribution is -2.44. The molecule has 1 aliphatic carbocycles. The number of rotatable bonds is 7. The van der Waals surface area contributed by atoms with Crippen LogP contribution in [0.5, 0.6) is 11.5 Å². The fourth-order valence-electron chi connectivity index (χ4n) is 3.20. The predicted octanol–water partition coefficient (Wildman–Crippen LogP) is 2.31. The maximum absolute atomic E-state index is 12.5. The van der Waals surface area contributed by atoms with Crippen molar-refractivity contribution >= 4 is 21.6 Å². The Balaban J connectivity index is 2.19. The van der Waals surface area contributed by atoms with Crippen LogP contribution in [0.4, 0.5) is 5.69 Å². The molecule has 0 atom stereocenters. The molecule has 2 rings (SSSR count). The maximum Gasteiger partial charge on any atom is 0.240 e. The number of ether oxygens (including phenoxy) is 2. The van der Waals surface area contributed by atoms with Crippen LogP contribution in [0, 0.1) is 0 Å². The van der Waals surface area contributed by atoms with Gasteiger partial charge in [-0.25, -0.2) is 8.42 Å². The second-order valence-corrected chi connectivity index (χ2v) is 8.47. The molecule has 0 aromatic heterocycles. The Labute approximate surface area is 155 Å². The van der Waals surface area contributed by atoms with E-state index in [0.717, 1.165) is 36.2 Å². The van der Waals surface area contributed by atoms with Gasteiger partial charge in [0.05, 0.1) is 26.2 Å². The summed E-state index contributed by atoms with van der Waals surface area (Å²) in [5.41, 5.74) is 0.312. The van der Waals surface area contributed by atoms with Crippen LogP contribution in [0.3, 0.4) is 0 Å². The molecule has 1 aromatic rings. The summed E-state index contributed by atoms with van der Waals surface area (Å²) in [7, 11) is -0.696. The Kier molecular flexibility index (Phi) is 7.14. The number of carbonyl (C=O) groups excluding carboxylic acids is 1. The fourth-order valence-corrected chi connectivity index (χ4v) is 4.06. The third kappa shape index (κ3) is 5.52. The zero-order chi connectivity index (χ0) is 19.2. The lowest BCUT2D eigenvalue weighted by Gasteiger charge is -2.25. The maximum atomic E-state index is 12.5. The van der Waals surface area contributed by atoms with E-state index < -0.39 is 10.0 Å². The van der Waals surface area contributed by atoms with Gasteiger partial charge in [0.1, 0.15) is 18.0 Å². The van der Waals surface area contributed by atoms with Gasteiger partial charge in [-0.15, -0.1) is 0 Å². The molecule has 8 heteroatoms. The largest absolute Gasteiger partial charge is 0.497 e. The Morgan fingerprint density at radius 3 is 2.35 bits per heavy atom. The highest BCUT2D eigenvalue weighted by molar-refractivity contribution is 7.92. The van der Waals surface area contributed by atoms with Crippen LogP contribution in [0.25, 0.3) is 0 Å². The van der Waals surface area contributed by atoms with E-state index in [-0.39, 0.29) is 18.5 Å². The summed E-state index contributed by atoms with van der Waals surface area (Å²) in [6.45, 7) is -0.280. The number of benzene rings is 1. The molecule has 0 heterocycles. The van der Waals surface area contributed by atoms with Gasteiger partial charge in [-0.3, -0.25) is 9.10 Å². The van der Waals surface area contributed by atoms with Gasteiger partial charge in [-0.05, 0) is 25.0 Å². The zero-order valence-electron chi connectivity index (χ0n) is 15.7. The van der Waals surface area contributed by atoms with Gasteiger partial charge in [0.15, 0.2) is 0 Å². The summed E-state index contributed by atoms with van der Waals surface area (Å²) in [6.07, 6.45) is 7.51. The van der Waals surface area contributed by atoms with Crippen LogP contribution in [0.1, 0.15) is 38.5 Å². The predicted molar refractivity (Wildman–Crippen MR) is 101 cm³/mol. The molecule has 26 heavy (non-hydrogen) atoms. The van der Waals surface area contributed by atoms with Gasteiger partial charge in [-0.1, -0.05) is 25.7 Å². The number of hydrogen-bond acceptors (Lipinski definition) is 5. The molecule has 1 amide bonds. The van der Waals surface area contributed by atoms with Crippen molar-refractivity contribution in [1.82, 2.24) is 5.32 Å². The number of nitrogens with zero attached hydrogens (tertiary/aromatic N) is 1. The fraction of sp³-hybridized carbons (Fsp3) is 0.611. The van der Waals surface area contributed by atoms with Crippen LogP contribution >= 0.6 is 0 Å². The first-order valence-corrected chi connectivity index (χ1v) is 10.7. The highest BCUT2D eigenvalue weighted by Crippen LogP contribution is 2.33. The molecule has 1 saturated carbocycles. The van der Waals surface area contributed by atoms with Crippen molar-refractivity contribution < 1.29 is 22.7 Å². The minimum absolute atomic E-state index is 0.115. The zero-order valence-corrected chi connectivity index (χ0v) is 16.5. The molecule has 0 bridgehead atoms. The Morgan fingerprint density at radius 2 is 1.81 bits per heavy atom. The van der Waals surface area contributed by atoms with E-state index in [4.69, 9.17) is 9.47 Å². The van der Waals surface area contributed by atoms with Gasteiger partial charge in [-0.2, -0.15) is 0 Å². The van der Waals surface area contributed by atoms with E-state index >= 15 is 0 Å². The van der Waals surface area contributed by atoms with Gasteiger partial charge in [0.25, 0.3) is 0 Å². The minimum Gasteiger partial charge on any atom is -0.497 e. The lowest BCUT2D eigenvalue weighted by molar-refractivity contribution is -0.120. The topological polar surface area (TPSA) is 84.9 Å². The SMILES string of the molecule is COc1ccc(N(CC(=O)NC2CCCCCC2)S(C)(=O)=O)c(OC)c1. The molecule has 7 nitrogen and oxygen atoms in total. The lowest BCUT2D eigenvalue weighted by atomic mass is 10.1. The smallest absolute Gasteiger partial charge is 0.240 e. The highest BCUT2D eigenvalue weighted by Gasteiger charge is 2.25. The summed E-state index contributed by atoms with van der Waals surface area (Å²) in [4.78, 5) is 12.5. The van der Waals surface area contributed by atoms with Crippen molar-refractivity contribution in [2.45, 2.75) is 44.6 Å². The van der Waals surface area contributed by atoms with E-state index in [1.54, 1.807) is 18.2 Å². The van der Waals surface area contributed by atoms with E-state index in [1.165, 1.54) is 27.1 Å². The molecule has 0 radical (unpaired) electrons. The molecule has 0 aliphatic heterocycles. The number of methoxy groups -OCH3 is 2. The Bertz CT molecular complexity index is 712. The highest BCUT2D eigenvalue weighted by atomic mass is 32.2. The van der Waals surface area contributed by atoms with Crippen LogP contribution in [0.15, 0.2) is 18.2 Å². The number of hydrogen-bond donors (Lipinski definition) is 1. The van der Waals surface area contributed by atoms with E-state index in [1.807, 2.05) is 0 Å². The van der Waals surface area contributed by atoms with E-state index in [9.17, 15) is 13.2 Å². The second-order valence-electron chi connectivity index (χ2n) is 6.56. The average Bonchev–Trinajstić information content (AvgIpc) is 2.87. The van der Waals surface area contributed by atoms with Crippen LogP contribution in [-0.4, -0.2) is 47.4 Å². The summed E-state index contributed by atoms with van der Waals surface area (Å²) in [6, 6.07) is 4.93. The molecule has 146 valence electrons. The number of amides is 1. The Morgan fingerprint density at radius 1 is 1.15 bits per heavy atom. The average molecular weight is 384 g/mol. The third-order valence-electron chi connectivity index (χ3n) is 4.56. The van der Waals surface area contributed by atoms with Gasteiger partial charge in [0, 0.05) is 12.1 Å². The summed E-state index contributed by atoms with van der Waals surface area (Å²) < 4.78 is 36.1. The van der Waals surface area contributed by atoms with Gasteiger partial charge < -0.3 is 14.8 Å². The molecular formula is C18H28N2O5S. The molecule has 0 spiro atoms. The molecule has 1 N–H and O–H groups in total. The van der Waals surface area contributed by atoms with E-state index in [2.05, 4.69) is 5.32 Å². The van der Waals surface area contributed by atoms with Crippen molar-refractivity contribution in [1.29, 1.82) is 0 Å². The first-order chi connectivity index (χ1) is 12.3. The van der Waals surface area contributed by atoms with Crippen molar-refractivity contribution in [2.24, 2.45) is 0 Å². The number of nitrogens with one attached hydrogen (secondary N) is 1. The van der Waals surface area contributed by atoms with Gasteiger partial charge >= 0.3 is 0 Å². The second kappa shape index (κ2) is 9.12. The third-order valence-corrected chi connectivity index (χ3v) is 5.69. The summed E-state index contributed by atoms with van der Waals surface area (Å²) in [5, 5.41) is 2.98. The minimum atomic E-state index is -3.66. The number of anilines is 1. The summed E-state index contributed by atoms with van der Waals surface area (Å²) in [5.74, 6) is 0.569. The Hall–Kier alpha value is -1.96. The number of sulfonamides is 1.